The van der Waals surface area contributed by atoms with Crippen LogP contribution < -0.4 is 4.90 Å². The van der Waals surface area contributed by atoms with Crippen molar-refractivity contribution in [2.75, 3.05) is 4.90 Å². The van der Waals surface area contributed by atoms with Crippen molar-refractivity contribution < 1.29 is 0 Å². The van der Waals surface area contributed by atoms with E-state index in [-0.39, 0.29) is 0 Å². The maximum absolute atomic E-state index is 2.42. The highest BCUT2D eigenvalue weighted by atomic mass is 15.1. The Hall–Kier alpha value is -7.68. The van der Waals surface area contributed by atoms with Gasteiger partial charge in [0.05, 0.1) is 16.7 Å². The lowest BCUT2D eigenvalue weighted by Crippen LogP contribution is -2.09. The second-order valence-corrected chi connectivity index (χ2v) is 15.0. The van der Waals surface area contributed by atoms with Crippen molar-refractivity contribution in [3.05, 3.63) is 231 Å². The molecule has 0 atom stereocenters. The van der Waals surface area contributed by atoms with Gasteiger partial charge in [-0.05, 0) is 116 Å². The molecule has 0 aliphatic rings. The Labute approximate surface area is 338 Å². The average Bonchev–Trinajstić information content (AvgIpc) is 3.63. The Kier molecular flexibility index (Phi) is 8.19. The molecule has 2 nitrogen and oxygen atoms in total. The monoisotopic (exact) mass is 738 g/mol. The van der Waals surface area contributed by atoms with Crippen molar-refractivity contribution in [2.24, 2.45) is 0 Å². The minimum atomic E-state index is 1.10. The number of benzene rings is 10. The highest BCUT2D eigenvalue weighted by Crippen LogP contribution is 2.40. The second-order valence-electron chi connectivity index (χ2n) is 15.0. The van der Waals surface area contributed by atoms with Crippen LogP contribution in [0.4, 0.5) is 17.1 Å². The first-order valence-corrected chi connectivity index (χ1v) is 19.9. The van der Waals surface area contributed by atoms with Gasteiger partial charge < -0.3 is 9.47 Å². The molecule has 272 valence electrons. The van der Waals surface area contributed by atoms with Gasteiger partial charge in [0.2, 0.25) is 0 Å². The number of fused-ring (bicyclic) bond motifs is 5. The maximum atomic E-state index is 2.42. The molecule has 10 aromatic carbocycles. The van der Waals surface area contributed by atoms with Crippen LogP contribution in [0.2, 0.25) is 0 Å². The lowest BCUT2D eigenvalue weighted by atomic mass is 10.00. The lowest BCUT2D eigenvalue weighted by Gasteiger charge is -2.26. The normalized spacial score (nSPS) is 11.4. The van der Waals surface area contributed by atoms with Gasteiger partial charge >= 0.3 is 0 Å². The summed E-state index contributed by atoms with van der Waals surface area (Å²) in [4.78, 5) is 2.35. The Bertz CT molecular complexity index is 3240. The number of hydrogen-bond acceptors (Lipinski definition) is 1. The molecule has 0 aliphatic heterocycles. The second kappa shape index (κ2) is 14.1. The van der Waals surface area contributed by atoms with Crippen LogP contribution >= 0.6 is 0 Å². The van der Waals surface area contributed by atoms with E-state index in [4.69, 9.17) is 0 Å². The van der Waals surface area contributed by atoms with Crippen LogP contribution in [0.15, 0.2) is 231 Å². The summed E-state index contributed by atoms with van der Waals surface area (Å²) in [6.07, 6.45) is 0. The van der Waals surface area contributed by atoms with Crippen molar-refractivity contribution in [3.8, 4) is 39.1 Å². The molecule has 0 amide bonds. The van der Waals surface area contributed by atoms with Gasteiger partial charge in [-0.25, -0.2) is 0 Å². The Morgan fingerprint density at radius 3 is 1.41 bits per heavy atom. The van der Waals surface area contributed by atoms with Crippen molar-refractivity contribution in [3.63, 3.8) is 0 Å². The van der Waals surface area contributed by atoms with Gasteiger partial charge in [-0.3, -0.25) is 0 Å². The third kappa shape index (κ3) is 5.91. The number of aromatic nitrogens is 1. The van der Waals surface area contributed by atoms with Gasteiger partial charge in [-0.15, -0.1) is 0 Å². The molecule has 0 N–H and O–H groups in total. The van der Waals surface area contributed by atoms with Crippen molar-refractivity contribution >= 4 is 60.4 Å². The van der Waals surface area contributed by atoms with Gasteiger partial charge in [0.15, 0.2) is 0 Å². The van der Waals surface area contributed by atoms with E-state index in [9.17, 15) is 0 Å². The van der Waals surface area contributed by atoms with Crippen LogP contribution in [-0.2, 0) is 0 Å². The first-order valence-electron chi connectivity index (χ1n) is 19.9. The van der Waals surface area contributed by atoms with Crippen molar-refractivity contribution in [2.45, 2.75) is 0 Å². The van der Waals surface area contributed by atoms with E-state index in [2.05, 4.69) is 240 Å². The van der Waals surface area contributed by atoms with Gasteiger partial charge in [0.1, 0.15) is 0 Å². The lowest BCUT2D eigenvalue weighted by molar-refractivity contribution is 1.20. The van der Waals surface area contributed by atoms with Crippen molar-refractivity contribution in [1.82, 2.24) is 4.57 Å². The largest absolute Gasteiger partial charge is 0.311 e. The van der Waals surface area contributed by atoms with Crippen LogP contribution in [0.5, 0.6) is 0 Å². The molecule has 2 heteroatoms. The topological polar surface area (TPSA) is 8.17 Å². The number of nitrogens with zero attached hydrogens (tertiary/aromatic N) is 2. The van der Waals surface area contributed by atoms with Gasteiger partial charge in [0.25, 0.3) is 0 Å². The van der Waals surface area contributed by atoms with E-state index in [1.54, 1.807) is 0 Å². The molecule has 1 heterocycles. The molecule has 58 heavy (non-hydrogen) atoms. The molecule has 11 aromatic rings. The third-order valence-corrected chi connectivity index (χ3v) is 11.6. The van der Waals surface area contributed by atoms with E-state index in [0.717, 1.165) is 17.1 Å². The Morgan fingerprint density at radius 1 is 0.259 bits per heavy atom. The minimum Gasteiger partial charge on any atom is -0.311 e. The zero-order chi connectivity index (χ0) is 38.4. The van der Waals surface area contributed by atoms with Crippen LogP contribution in [-0.4, -0.2) is 4.57 Å². The van der Waals surface area contributed by atoms with Crippen molar-refractivity contribution in [1.29, 1.82) is 0 Å². The maximum Gasteiger partial charge on any atom is 0.0541 e. The molecular weight excluding hydrogens is 701 g/mol. The summed E-state index contributed by atoms with van der Waals surface area (Å²) in [6, 6.07) is 83.6. The highest BCUT2D eigenvalue weighted by molar-refractivity contribution is 6.11. The molecule has 0 saturated carbocycles. The molecule has 0 bridgehead atoms. The van der Waals surface area contributed by atoms with E-state index < -0.39 is 0 Å². The molecule has 0 fully saturated rings. The number of para-hydroxylation sites is 1. The summed E-state index contributed by atoms with van der Waals surface area (Å²) < 4.78 is 2.42. The summed E-state index contributed by atoms with van der Waals surface area (Å²) in [5.74, 6) is 0. The van der Waals surface area contributed by atoms with Gasteiger partial charge in [-0.2, -0.15) is 0 Å². The quantitative estimate of drug-likeness (QED) is 0.158. The summed E-state index contributed by atoms with van der Waals surface area (Å²) >= 11 is 0. The first kappa shape index (κ1) is 33.6. The molecular formula is C56H38N2. The van der Waals surface area contributed by atoms with Crippen LogP contribution in [0.25, 0.3) is 82.4 Å². The Morgan fingerprint density at radius 2 is 0.724 bits per heavy atom. The van der Waals surface area contributed by atoms with E-state index >= 15 is 0 Å². The molecule has 0 unspecified atom stereocenters. The minimum absolute atomic E-state index is 1.10. The summed E-state index contributed by atoms with van der Waals surface area (Å²) in [5.41, 5.74) is 14.1. The molecule has 0 saturated heterocycles. The third-order valence-electron chi connectivity index (χ3n) is 11.6. The predicted octanol–water partition coefficient (Wildman–Crippen LogP) is 15.6. The first-order chi connectivity index (χ1) is 28.7. The summed E-state index contributed by atoms with van der Waals surface area (Å²) in [6.45, 7) is 0. The zero-order valence-corrected chi connectivity index (χ0v) is 31.8. The molecule has 0 radical (unpaired) electrons. The number of hydrogen-bond donors (Lipinski definition) is 0. The standard InChI is InChI=1S/C56H38N2/c1-2-11-39(12-3-1)41-23-30-48(31-24-41)57(49-32-25-42(26-33-49)46-22-21-40-13-4-5-15-45(40)37-46)50-34-27-43(28-35-50)47-29-36-56-53(38-47)52-18-8-9-19-55(52)58(56)54-20-10-16-44-14-6-7-17-51(44)54/h1-38H. The average molecular weight is 739 g/mol. The molecule has 11 rings (SSSR count). The fourth-order valence-electron chi connectivity index (χ4n) is 8.67. The predicted molar refractivity (Wildman–Crippen MR) is 247 cm³/mol. The molecule has 1 aromatic heterocycles. The molecule has 0 spiro atoms. The van der Waals surface area contributed by atoms with Gasteiger partial charge in [0, 0.05) is 33.2 Å². The fraction of sp³-hybridized carbons (Fsp3) is 0. The highest BCUT2D eigenvalue weighted by Gasteiger charge is 2.17. The smallest absolute Gasteiger partial charge is 0.0541 e. The van der Waals surface area contributed by atoms with Crippen LogP contribution in [0, 0.1) is 0 Å². The van der Waals surface area contributed by atoms with E-state index in [0.29, 0.717) is 0 Å². The van der Waals surface area contributed by atoms with E-state index in [1.807, 2.05) is 0 Å². The van der Waals surface area contributed by atoms with Crippen LogP contribution in [0.3, 0.4) is 0 Å². The Balaban J connectivity index is 0.977. The fourth-order valence-corrected chi connectivity index (χ4v) is 8.67. The van der Waals surface area contributed by atoms with E-state index in [1.165, 1.54) is 82.4 Å². The number of rotatable bonds is 7. The zero-order valence-electron chi connectivity index (χ0n) is 31.8. The van der Waals surface area contributed by atoms with Gasteiger partial charge in [-0.1, -0.05) is 164 Å². The summed E-state index contributed by atoms with van der Waals surface area (Å²) in [5, 5.41) is 7.49. The summed E-state index contributed by atoms with van der Waals surface area (Å²) in [7, 11) is 0. The number of anilines is 3. The SMILES string of the molecule is c1ccc(-c2ccc(N(c3ccc(-c4ccc5ccccc5c4)cc3)c3ccc(-c4ccc5c(c4)c4ccccc4n5-c4cccc5ccccc45)cc3)cc2)cc1. The van der Waals surface area contributed by atoms with Crippen LogP contribution in [0.1, 0.15) is 0 Å². The molecule has 0 aliphatic carbocycles.